The maximum atomic E-state index is 5.69. The van der Waals surface area contributed by atoms with E-state index in [1.807, 2.05) is 0 Å². The van der Waals surface area contributed by atoms with E-state index < -0.39 is 0 Å². The van der Waals surface area contributed by atoms with Crippen LogP contribution in [0.4, 0.5) is 0 Å². The van der Waals surface area contributed by atoms with Gasteiger partial charge in [-0.3, -0.25) is 0 Å². The van der Waals surface area contributed by atoms with Crippen LogP contribution >= 0.6 is 0 Å². The molecule has 0 saturated carbocycles. The van der Waals surface area contributed by atoms with Crippen LogP contribution in [0.1, 0.15) is 129 Å². The molecule has 0 saturated heterocycles. The zero-order valence-electron chi connectivity index (χ0n) is 34.8. The zero-order chi connectivity index (χ0) is 38.1. The molecule has 0 spiro atoms. The topological polar surface area (TPSA) is 102 Å². The smallest absolute Gasteiger partial charge is 0.0701 e. The van der Waals surface area contributed by atoms with Crippen LogP contribution in [0.15, 0.2) is 0 Å². The van der Waals surface area contributed by atoms with Gasteiger partial charge in [-0.25, -0.2) is 0 Å². The summed E-state index contributed by atoms with van der Waals surface area (Å²) in [5.74, 6) is 0. The summed E-state index contributed by atoms with van der Waals surface area (Å²) in [6, 6.07) is 0. The summed E-state index contributed by atoms with van der Waals surface area (Å²) in [6.45, 7) is 17.4. The largest absolute Gasteiger partial charge is 0.379 e. The predicted octanol–water partition coefficient (Wildman–Crippen LogP) is 8.23. The molecule has 0 aromatic rings. The van der Waals surface area contributed by atoms with Crippen molar-refractivity contribution in [3.05, 3.63) is 0 Å². The maximum absolute atomic E-state index is 5.69. The first-order valence-corrected chi connectivity index (χ1v) is 21.8. The van der Waals surface area contributed by atoms with Crippen molar-refractivity contribution >= 4 is 0 Å². The number of rotatable bonds is 50. The Kier molecular flexibility index (Phi) is 51.1. The highest BCUT2D eigenvalue weighted by Crippen LogP contribution is 2.13. The van der Waals surface area contributed by atoms with Gasteiger partial charge in [0.15, 0.2) is 0 Å². The van der Waals surface area contributed by atoms with E-state index in [9.17, 15) is 0 Å². The molecular weight excluding hydrogens is 680 g/mol. The summed E-state index contributed by atoms with van der Waals surface area (Å²) in [5.41, 5.74) is 0. The van der Waals surface area contributed by atoms with Crippen molar-refractivity contribution in [2.24, 2.45) is 0 Å². The summed E-state index contributed by atoms with van der Waals surface area (Å²) in [6.07, 6.45) is 24.2. The summed E-state index contributed by atoms with van der Waals surface area (Å²) in [4.78, 5) is 0. The van der Waals surface area contributed by atoms with Gasteiger partial charge in [0, 0.05) is 13.2 Å². The first-order chi connectivity index (χ1) is 26.4. The molecule has 0 amide bonds. The van der Waals surface area contributed by atoms with Crippen LogP contribution in [-0.2, 0) is 52.1 Å². The number of unbranched alkanes of at least 4 members (excludes halogenated alkanes) is 16. The van der Waals surface area contributed by atoms with Gasteiger partial charge in [0.2, 0.25) is 0 Å². The molecule has 0 bridgehead atoms. The number of hydrogen-bond donors (Lipinski definition) is 0. The average Bonchev–Trinajstić information content (AvgIpc) is 3.17. The number of ether oxygens (including phenoxy) is 11. The minimum absolute atomic E-state index is 0.528. The summed E-state index contributed by atoms with van der Waals surface area (Å²) < 4.78 is 60.9. The van der Waals surface area contributed by atoms with Crippen LogP contribution in [0, 0.1) is 0 Å². The second kappa shape index (κ2) is 51.6. The van der Waals surface area contributed by atoms with Crippen molar-refractivity contribution in [2.45, 2.75) is 129 Å². The van der Waals surface area contributed by atoms with Gasteiger partial charge in [-0.15, -0.1) is 0 Å². The fourth-order valence-electron chi connectivity index (χ4n) is 5.33. The van der Waals surface area contributed by atoms with Crippen molar-refractivity contribution in [3.63, 3.8) is 0 Å². The lowest BCUT2D eigenvalue weighted by Gasteiger charge is -2.09. The Balaban J connectivity index is 3.05. The van der Waals surface area contributed by atoms with E-state index in [1.54, 1.807) is 0 Å². The first-order valence-electron chi connectivity index (χ1n) is 21.8. The van der Waals surface area contributed by atoms with Crippen molar-refractivity contribution in [1.29, 1.82) is 0 Å². The lowest BCUT2D eigenvalue weighted by molar-refractivity contribution is -0.0275. The molecule has 0 unspecified atom stereocenters. The van der Waals surface area contributed by atoms with E-state index >= 15 is 0 Å². The Labute approximate surface area is 326 Å². The molecule has 0 aliphatic rings. The van der Waals surface area contributed by atoms with Crippen LogP contribution in [-0.4, -0.2) is 145 Å². The zero-order valence-corrected chi connectivity index (χ0v) is 34.8. The van der Waals surface area contributed by atoms with Crippen LogP contribution in [0.3, 0.4) is 0 Å². The van der Waals surface area contributed by atoms with Crippen LogP contribution < -0.4 is 0 Å². The monoisotopic (exact) mass is 767 g/mol. The van der Waals surface area contributed by atoms with Gasteiger partial charge in [-0.1, -0.05) is 117 Å². The third kappa shape index (κ3) is 51.6. The summed E-state index contributed by atoms with van der Waals surface area (Å²) >= 11 is 0. The van der Waals surface area contributed by atoms with Crippen molar-refractivity contribution in [2.75, 3.05) is 145 Å². The molecule has 320 valence electrons. The lowest BCUT2D eigenvalue weighted by Crippen LogP contribution is -2.15. The summed E-state index contributed by atoms with van der Waals surface area (Å²) in [7, 11) is 0. The fraction of sp³-hybridized carbons (Fsp3) is 1.00. The average molecular weight is 767 g/mol. The molecule has 53 heavy (non-hydrogen) atoms. The Morgan fingerprint density at radius 3 is 0.472 bits per heavy atom. The standard InChI is InChI=1S/C42H86O11/c1-3-5-7-9-10-11-12-13-14-15-16-17-18-20-22-44-24-26-46-28-30-48-32-34-50-36-38-52-40-42-53-41-39-51-37-35-49-33-31-47-29-27-45-25-23-43-21-19-8-6-4-2/h3-42H2,1-2H3. The quantitative estimate of drug-likeness (QED) is 0.0560. The van der Waals surface area contributed by atoms with Gasteiger partial charge in [0.25, 0.3) is 0 Å². The normalized spacial score (nSPS) is 11.7. The van der Waals surface area contributed by atoms with E-state index in [-0.39, 0.29) is 0 Å². The van der Waals surface area contributed by atoms with E-state index in [0.717, 1.165) is 26.1 Å². The molecule has 0 aromatic carbocycles. The molecular formula is C42H86O11. The van der Waals surface area contributed by atoms with Gasteiger partial charge in [0.05, 0.1) is 132 Å². The maximum Gasteiger partial charge on any atom is 0.0701 e. The second-order valence-electron chi connectivity index (χ2n) is 13.4. The van der Waals surface area contributed by atoms with E-state index in [4.69, 9.17) is 52.1 Å². The highest BCUT2D eigenvalue weighted by atomic mass is 16.6. The van der Waals surface area contributed by atoms with Crippen LogP contribution in [0.5, 0.6) is 0 Å². The molecule has 0 heterocycles. The van der Waals surface area contributed by atoms with Crippen LogP contribution in [0.2, 0.25) is 0 Å². The predicted molar refractivity (Wildman–Crippen MR) is 213 cm³/mol. The SMILES string of the molecule is CCCCCCCCCCCCCCCCOCCOCCOCCOCCOCCOCCOCCOCCOCCOCCOCCCCCC. The minimum atomic E-state index is 0.528. The molecule has 0 radical (unpaired) electrons. The summed E-state index contributed by atoms with van der Waals surface area (Å²) in [5, 5.41) is 0. The third-order valence-electron chi connectivity index (χ3n) is 8.50. The van der Waals surface area contributed by atoms with Gasteiger partial charge in [-0.05, 0) is 12.8 Å². The third-order valence-corrected chi connectivity index (χ3v) is 8.50. The molecule has 11 nitrogen and oxygen atoms in total. The Bertz CT molecular complexity index is 568. The van der Waals surface area contributed by atoms with Crippen LogP contribution in [0.25, 0.3) is 0 Å². The highest BCUT2D eigenvalue weighted by molar-refractivity contribution is 4.49. The van der Waals surface area contributed by atoms with Gasteiger partial charge in [0.1, 0.15) is 0 Å². The molecule has 0 aliphatic carbocycles. The number of hydrogen-bond acceptors (Lipinski definition) is 11. The van der Waals surface area contributed by atoms with Gasteiger partial charge >= 0.3 is 0 Å². The fourth-order valence-corrected chi connectivity index (χ4v) is 5.33. The molecule has 0 fully saturated rings. The van der Waals surface area contributed by atoms with Gasteiger partial charge < -0.3 is 52.1 Å². The Hall–Kier alpha value is -0.440. The van der Waals surface area contributed by atoms with Crippen molar-refractivity contribution < 1.29 is 52.1 Å². The first kappa shape index (κ1) is 52.6. The lowest BCUT2D eigenvalue weighted by atomic mass is 10.0. The molecule has 0 rings (SSSR count). The highest BCUT2D eigenvalue weighted by Gasteiger charge is 1.98. The Morgan fingerprint density at radius 2 is 0.283 bits per heavy atom. The Morgan fingerprint density at radius 1 is 0.151 bits per heavy atom. The van der Waals surface area contributed by atoms with E-state index in [1.165, 1.54) is 103 Å². The van der Waals surface area contributed by atoms with E-state index in [2.05, 4.69) is 13.8 Å². The van der Waals surface area contributed by atoms with Crippen molar-refractivity contribution in [3.8, 4) is 0 Å². The molecule has 0 aliphatic heterocycles. The molecule has 0 atom stereocenters. The minimum Gasteiger partial charge on any atom is -0.379 e. The van der Waals surface area contributed by atoms with E-state index in [0.29, 0.717) is 132 Å². The van der Waals surface area contributed by atoms with Gasteiger partial charge in [-0.2, -0.15) is 0 Å². The molecule has 0 aromatic heterocycles. The molecule has 0 N–H and O–H groups in total. The van der Waals surface area contributed by atoms with Crippen molar-refractivity contribution in [1.82, 2.24) is 0 Å². The second-order valence-corrected chi connectivity index (χ2v) is 13.4. The molecule has 11 heteroatoms.